The van der Waals surface area contributed by atoms with Crippen molar-refractivity contribution in [1.29, 1.82) is 0 Å². The van der Waals surface area contributed by atoms with Crippen LogP contribution in [0.2, 0.25) is 0 Å². The second-order valence-electron chi connectivity index (χ2n) is 12.4. The van der Waals surface area contributed by atoms with Crippen LogP contribution in [0.1, 0.15) is 8.22 Å². The average Bonchev–Trinajstić information content (AvgIpc) is 3.63. The van der Waals surface area contributed by atoms with Crippen LogP contribution in [0.4, 0.5) is 0 Å². The molecule has 1 heterocycles. The Balaban J connectivity index is 1.21. The van der Waals surface area contributed by atoms with E-state index in [0.717, 1.165) is 54.9 Å². The summed E-state index contributed by atoms with van der Waals surface area (Å²) >= 11 is 0. The minimum absolute atomic E-state index is 0.0209. The summed E-state index contributed by atoms with van der Waals surface area (Å²) in [5, 5.41) is 5.81. The van der Waals surface area contributed by atoms with Gasteiger partial charge in [0.2, 0.25) is 0 Å². The third kappa shape index (κ3) is 4.40. The van der Waals surface area contributed by atoms with Crippen LogP contribution in [0.25, 0.3) is 98.8 Å². The molecular weight excluding hydrogens is 593 g/mol. The Morgan fingerprint density at radius 1 is 0.388 bits per heavy atom. The summed E-state index contributed by atoms with van der Waals surface area (Å²) in [5.41, 5.74) is 9.08. The molecule has 0 saturated carbocycles. The highest BCUT2D eigenvalue weighted by molar-refractivity contribution is 6.23. The summed E-state index contributed by atoms with van der Waals surface area (Å²) in [7, 11) is 0. The van der Waals surface area contributed by atoms with Crippen LogP contribution in [0.15, 0.2) is 186 Å². The monoisotopic (exact) mass is 628 g/mol. The van der Waals surface area contributed by atoms with Crippen LogP contribution in [-0.4, -0.2) is 0 Å². The Morgan fingerprint density at radius 2 is 0.918 bits per heavy atom. The molecule has 0 saturated heterocycles. The van der Waals surface area contributed by atoms with Crippen molar-refractivity contribution in [2.45, 2.75) is 0 Å². The molecule has 0 bridgehead atoms. The van der Waals surface area contributed by atoms with E-state index in [2.05, 4.69) is 109 Å². The van der Waals surface area contributed by atoms with E-state index in [0.29, 0.717) is 16.4 Å². The molecule has 0 aliphatic heterocycles. The van der Waals surface area contributed by atoms with Crippen molar-refractivity contribution in [2.24, 2.45) is 0 Å². The zero-order chi connectivity index (χ0) is 37.5. The van der Waals surface area contributed by atoms with Crippen molar-refractivity contribution in [3.8, 4) is 44.5 Å². The maximum Gasteiger partial charge on any atom is 0.143 e. The molecular formula is C48H30O. The highest BCUT2D eigenvalue weighted by atomic mass is 16.3. The second kappa shape index (κ2) is 11.1. The largest absolute Gasteiger partial charge is 0.455 e. The van der Waals surface area contributed by atoms with E-state index in [1.54, 1.807) is 0 Å². The summed E-state index contributed by atoms with van der Waals surface area (Å²) in [6.45, 7) is 0. The molecule has 0 aliphatic rings. The van der Waals surface area contributed by atoms with Crippen molar-refractivity contribution >= 4 is 54.3 Å². The second-order valence-corrected chi connectivity index (χ2v) is 12.4. The highest BCUT2D eigenvalue weighted by Crippen LogP contribution is 2.45. The first-order chi connectivity index (χ1) is 26.8. The molecule has 10 aromatic rings. The van der Waals surface area contributed by atoms with Crippen molar-refractivity contribution in [1.82, 2.24) is 0 Å². The van der Waals surface area contributed by atoms with Gasteiger partial charge in [-0.25, -0.2) is 0 Å². The Hall–Kier alpha value is -6.44. The fourth-order valence-corrected chi connectivity index (χ4v) is 7.47. The molecule has 0 unspecified atom stereocenters. The number of furan rings is 1. The molecule has 49 heavy (non-hydrogen) atoms. The average molecular weight is 629 g/mol. The standard InChI is InChI=1S/C48H30O/c1-2-13-31(14-3-1)33-16-10-18-35(29-33)45-39-21-6-8-23-41(39)46(42-24-9-7-22-40(42)45)36-19-11-17-34(30-36)38-25-12-26-43-47-37-20-5-4-15-32(37)27-28-44(47)49-48(38)43/h1-30H/i4D,5D,15D,20D,27D,28D. The molecule has 0 N–H and O–H groups in total. The van der Waals surface area contributed by atoms with Gasteiger partial charge in [0, 0.05) is 16.3 Å². The van der Waals surface area contributed by atoms with Gasteiger partial charge in [-0.15, -0.1) is 0 Å². The molecule has 1 heteroatoms. The van der Waals surface area contributed by atoms with Crippen molar-refractivity contribution in [3.63, 3.8) is 0 Å². The van der Waals surface area contributed by atoms with Crippen molar-refractivity contribution in [2.75, 3.05) is 0 Å². The quantitative estimate of drug-likeness (QED) is 0.177. The van der Waals surface area contributed by atoms with Crippen LogP contribution in [0.5, 0.6) is 0 Å². The van der Waals surface area contributed by atoms with Crippen LogP contribution in [-0.2, 0) is 0 Å². The summed E-state index contributed by atoms with van der Waals surface area (Å²) in [6.07, 6.45) is 0. The van der Waals surface area contributed by atoms with Gasteiger partial charge in [0.15, 0.2) is 0 Å². The molecule has 1 nitrogen and oxygen atoms in total. The van der Waals surface area contributed by atoms with Gasteiger partial charge < -0.3 is 4.42 Å². The molecule has 9 aromatic carbocycles. The van der Waals surface area contributed by atoms with Crippen molar-refractivity contribution in [3.05, 3.63) is 182 Å². The van der Waals surface area contributed by atoms with Gasteiger partial charge in [-0.3, -0.25) is 0 Å². The fourth-order valence-electron chi connectivity index (χ4n) is 7.47. The Kier molecular flexibility index (Phi) is 5.02. The molecule has 0 amide bonds. The molecule has 0 fully saturated rings. The van der Waals surface area contributed by atoms with Gasteiger partial charge in [-0.05, 0) is 89.4 Å². The van der Waals surface area contributed by atoms with E-state index < -0.39 is 6.04 Å². The molecule has 0 atom stereocenters. The summed E-state index contributed by atoms with van der Waals surface area (Å²) < 4.78 is 58.1. The van der Waals surface area contributed by atoms with Gasteiger partial charge in [0.1, 0.15) is 11.2 Å². The molecule has 0 radical (unpaired) electrons. The first-order valence-electron chi connectivity index (χ1n) is 19.4. The molecule has 10 rings (SSSR count). The van der Waals surface area contributed by atoms with E-state index in [1.165, 1.54) is 11.1 Å². The Morgan fingerprint density at radius 3 is 1.61 bits per heavy atom. The van der Waals surface area contributed by atoms with Gasteiger partial charge in [-0.2, -0.15) is 0 Å². The SMILES string of the molecule is [2H]c1c([2H])c([2H])c2c(c1[2H])c([2H])c([2H])c1oc3c(-c4cccc(-c5c6ccccc6c(-c6cccc(-c7ccccc7)c6)c6ccccc56)c4)cccc3c12. The van der Waals surface area contributed by atoms with Gasteiger partial charge in [0.25, 0.3) is 0 Å². The van der Waals surface area contributed by atoms with Crippen LogP contribution >= 0.6 is 0 Å². The lowest BCUT2D eigenvalue weighted by atomic mass is 9.85. The number of fused-ring (bicyclic) bond motifs is 7. The zero-order valence-corrected chi connectivity index (χ0v) is 26.3. The van der Waals surface area contributed by atoms with Gasteiger partial charge in [0.05, 0.1) is 8.22 Å². The lowest BCUT2D eigenvalue weighted by Gasteiger charge is -2.18. The Labute approximate surface area is 292 Å². The number of hydrogen-bond acceptors (Lipinski definition) is 1. The Bertz CT molecular complexity index is 3160. The van der Waals surface area contributed by atoms with E-state index in [1.807, 2.05) is 36.4 Å². The maximum atomic E-state index is 8.87. The minimum atomic E-state index is -0.427. The maximum absolute atomic E-state index is 8.87. The lowest BCUT2D eigenvalue weighted by Crippen LogP contribution is -1.91. The first-order valence-corrected chi connectivity index (χ1v) is 16.4. The predicted molar refractivity (Wildman–Crippen MR) is 208 cm³/mol. The van der Waals surface area contributed by atoms with Crippen LogP contribution in [0, 0.1) is 0 Å². The normalized spacial score (nSPS) is 13.4. The summed E-state index contributed by atoms with van der Waals surface area (Å²) in [5.74, 6) is 0. The number of benzene rings is 9. The number of rotatable bonds is 4. The zero-order valence-electron chi connectivity index (χ0n) is 32.3. The van der Waals surface area contributed by atoms with E-state index in [-0.39, 0.29) is 46.6 Å². The molecule has 1 aromatic heterocycles. The smallest absolute Gasteiger partial charge is 0.143 e. The lowest BCUT2D eigenvalue weighted by molar-refractivity contribution is 0.670. The number of para-hydroxylation sites is 1. The first kappa shape index (κ1) is 22.2. The van der Waals surface area contributed by atoms with Crippen LogP contribution in [0.3, 0.4) is 0 Å². The topological polar surface area (TPSA) is 13.1 Å². The van der Waals surface area contributed by atoms with E-state index >= 15 is 0 Å². The fraction of sp³-hybridized carbons (Fsp3) is 0. The highest BCUT2D eigenvalue weighted by Gasteiger charge is 2.19. The van der Waals surface area contributed by atoms with E-state index in [4.69, 9.17) is 12.6 Å². The summed E-state index contributed by atoms with van der Waals surface area (Å²) in [4.78, 5) is 0. The van der Waals surface area contributed by atoms with Gasteiger partial charge >= 0.3 is 0 Å². The number of hydrogen-bond donors (Lipinski definition) is 0. The summed E-state index contributed by atoms with van der Waals surface area (Å²) in [6, 6.07) is 48.5. The third-order valence-electron chi connectivity index (χ3n) is 9.61. The molecule has 0 aliphatic carbocycles. The molecule has 228 valence electrons. The predicted octanol–water partition coefficient (Wildman–Crippen LogP) is 13.7. The minimum Gasteiger partial charge on any atom is -0.455 e. The van der Waals surface area contributed by atoms with Crippen molar-refractivity contribution < 1.29 is 12.6 Å². The third-order valence-corrected chi connectivity index (χ3v) is 9.61. The van der Waals surface area contributed by atoms with E-state index in [9.17, 15) is 0 Å². The van der Waals surface area contributed by atoms with Crippen LogP contribution < -0.4 is 0 Å². The van der Waals surface area contributed by atoms with Gasteiger partial charge in [-0.1, -0.05) is 164 Å². The molecule has 0 spiro atoms.